The van der Waals surface area contributed by atoms with Crippen molar-refractivity contribution >= 4 is 17.6 Å². The Morgan fingerprint density at radius 3 is 2.78 bits per heavy atom. The number of unbranched alkanes of at least 4 members (excludes halogenated alkanes) is 1. The molecule has 0 aliphatic rings. The molecule has 0 spiro atoms. The molecule has 0 radical (unpaired) electrons. The van der Waals surface area contributed by atoms with Gasteiger partial charge in [0.15, 0.2) is 6.10 Å². The van der Waals surface area contributed by atoms with Crippen molar-refractivity contribution in [1.29, 1.82) is 0 Å². The van der Waals surface area contributed by atoms with Gasteiger partial charge in [-0.15, -0.1) is 0 Å². The van der Waals surface area contributed by atoms with Gasteiger partial charge < -0.3 is 9.84 Å². The number of aliphatic carboxylic acids is 1. The fourth-order valence-electron chi connectivity index (χ4n) is 1.68. The number of rotatable bonds is 7. The van der Waals surface area contributed by atoms with Crippen LogP contribution in [0.2, 0.25) is 5.02 Å². The maximum Gasteiger partial charge on any atom is 0.333 e. The Morgan fingerprint density at radius 1 is 1.50 bits per heavy atom. The number of carbonyl (C=O) groups is 1. The monoisotopic (exact) mass is 270 g/mol. The van der Waals surface area contributed by atoms with Crippen LogP contribution in [0.15, 0.2) is 18.2 Å². The summed E-state index contributed by atoms with van der Waals surface area (Å²) >= 11 is 5.87. The highest BCUT2D eigenvalue weighted by Gasteiger charge is 2.19. The number of carboxylic acid groups (broad SMARTS) is 1. The second-order valence-corrected chi connectivity index (χ2v) is 4.76. The predicted molar refractivity (Wildman–Crippen MR) is 72.2 cm³/mol. The summed E-state index contributed by atoms with van der Waals surface area (Å²) in [5, 5.41) is 9.79. The predicted octanol–water partition coefficient (Wildman–Crippen LogP) is 3.46. The SMILES string of the molecule is CCCCO[C@@H](Cc1ccc(Cl)cc1C)C(=O)O. The first-order valence-corrected chi connectivity index (χ1v) is 6.51. The van der Waals surface area contributed by atoms with E-state index in [1.54, 1.807) is 6.07 Å². The fraction of sp³-hybridized carbons (Fsp3) is 0.500. The zero-order chi connectivity index (χ0) is 13.5. The van der Waals surface area contributed by atoms with E-state index in [0.717, 1.165) is 24.0 Å². The van der Waals surface area contributed by atoms with Crippen molar-refractivity contribution in [1.82, 2.24) is 0 Å². The molecule has 100 valence electrons. The lowest BCUT2D eigenvalue weighted by Gasteiger charge is -2.15. The van der Waals surface area contributed by atoms with E-state index in [9.17, 15) is 4.79 Å². The highest BCUT2D eigenvalue weighted by molar-refractivity contribution is 6.30. The summed E-state index contributed by atoms with van der Waals surface area (Å²) < 4.78 is 5.40. The molecule has 0 aliphatic heterocycles. The molecule has 4 heteroatoms. The van der Waals surface area contributed by atoms with E-state index in [1.165, 1.54) is 0 Å². The number of carboxylic acids is 1. The molecule has 1 N–H and O–H groups in total. The summed E-state index contributed by atoms with van der Waals surface area (Å²) in [6.45, 7) is 4.45. The maximum atomic E-state index is 11.1. The number of hydrogen-bond acceptors (Lipinski definition) is 2. The lowest BCUT2D eigenvalue weighted by Crippen LogP contribution is -2.27. The molecule has 3 nitrogen and oxygen atoms in total. The minimum atomic E-state index is -0.916. The van der Waals surface area contributed by atoms with Crippen molar-refractivity contribution in [3.63, 3.8) is 0 Å². The molecule has 0 aliphatic carbocycles. The molecule has 0 heterocycles. The van der Waals surface area contributed by atoms with E-state index in [2.05, 4.69) is 0 Å². The number of ether oxygens (including phenoxy) is 1. The van der Waals surface area contributed by atoms with Gasteiger partial charge in [-0.1, -0.05) is 31.0 Å². The van der Waals surface area contributed by atoms with Crippen molar-refractivity contribution < 1.29 is 14.6 Å². The van der Waals surface area contributed by atoms with E-state index in [1.807, 2.05) is 26.0 Å². The Balaban J connectivity index is 2.67. The Bertz CT molecular complexity index is 404. The summed E-state index contributed by atoms with van der Waals surface area (Å²) in [6.07, 6.45) is 1.47. The smallest absolute Gasteiger partial charge is 0.333 e. The third-order valence-electron chi connectivity index (χ3n) is 2.80. The molecule has 0 bridgehead atoms. The summed E-state index contributed by atoms with van der Waals surface area (Å²) in [6, 6.07) is 5.47. The minimum absolute atomic E-state index is 0.377. The third kappa shape index (κ3) is 4.67. The lowest BCUT2D eigenvalue weighted by molar-refractivity contribution is -0.150. The second-order valence-electron chi connectivity index (χ2n) is 4.33. The average molecular weight is 271 g/mol. The van der Waals surface area contributed by atoms with Crippen LogP contribution in [0.3, 0.4) is 0 Å². The van der Waals surface area contributed by atoms with Gasteiger partial charge in [0.25, 0.3) is 0 Å². The van der Waals surface area contributed by atoms with Gasteiger partial charge in [-0.2, -0.15) is 0 Å². The number of benzene rings is 1. The van der Waals surface area contributed by atoms with Crippen LogP contribution < -0.4 is 0 Å². The van der Waals surface area contributed by atoms with Gasteiger partial charge in [-0.05, 0) is 36.6 Å². The summed E-state index contributed by atoms with van der Waals surface area (Å²) in [5.41, 5.74) is 1.95. The molecule has 0 amide bonds. The number of hydrogen-bond donors (Lipinski definition) is 1. The van der Waals surface area contributed by atoms with Crippen molar-refractivity contribution in [2.75, 3.05) is 6.61 Å². The first-order chi connectivity index (χ1) is 8.54. The average Bonchev–Trinajstić information content (AvgIpc) is 2.30. The zero-order valence-corrected chi connectivity index (χ0v) is 11.5. The van der Waals surface area contributed by atoms with Gasteiger partial charge in [0, 0.05) is 18.1 Å². The first kappa shape index (κ1) is 15.0. The molecule has 18 heavy (non-hydrogen) atoms. The third-order valence-corrected chi connectivity index (χ3v) is 3.04. The number of aryl methyl sites for hydroxylation is 1. The van der Waals surface area contributed by atoms with Crippen LogP contribution in [0.25, 0.3) is 0 Å². The minimum Gasteiger partial charge on any atom is -0.479 e. The molecule has 1 atom stereocenters. The molecular weight excluding hydrogens is 252 g/mol. The van der Waals surface area contributed by atoms with Crippen LogP contribution in [-0.4, -0.2) is 23.8 Å². The summed E-state index contributed by atoms with van der Waals surface area (Å²) in [5.74, 6) is -0.916. The van der Waals surface area contributed by atoms with Gasteiger partial charge in [0.05, 0.1) is 0 Å². The molecular formula is C14H19ClO3. The fourth-order valence-corrected chi connectivity index (χ4v) is 1.90. The van der Waals surface area contributed by atoms with Crippen LogP contribution in [0.1, 0.15) is 30.9 Å². The molecule has 0 aromatic heterocycles. The van der Waals surface area contributed by atoms with Crippen LogP contribution in [0, 0.1) is 6.92 Å². The van der Waals surface area contributed by atoms with Crippen LogP contribution in [0.5, 0.6) is 0 Å². The first-order valence-electron chi connectivity index (χ1n) is 6.14. The lowest BCUT2D eigenvalue weighted by atomic mass is 10.0. The molecule has 0 saturated heterocycles. The van der Waals surface area contributed by atoms with E-state index in [0.29, 0.717) is 18.1 Å². The molecule has 0 saturated carbocycles. The van der Waals surface area contributed by atoms with Gasteiger partial charge in [0.2, 0.25) is 0 Å². The van der Waals surface area contributed by atoms with Gasteiger partial charge in [-0.25, -0.2) is 4.79 Å². The van der Waals surface area contributed by atoms with Gasteiger partial charge in [0.1, 0.15) is 0 Å². The van der Waals surface area contributed by atoms with Gasteiger partial charge >= 0.3 is 5.97 Å². The zero-order valence-electron chi connectivity index (χ0n) is 10.8. The van der Waals surface area contributed by atoms with Crippen molar-refractivity contribution in [2.45, 2.75) is 39.2 Å². The maximum absolute atomic E-state index is 11.1. The van der Waals surface area contributed by atoms with Crippen molar-refractivity contribution in [3.05, 3.63) is 34.3 Å². The Labute approximate surface area is 113 Å². The summed E-state index contributed by atoms with van der Waals surface area (Å²) in [7, 11) is 0. The largest absolute Gasteiger partial charge is 0.479 e. The van der Waals surface area contributed by atoms with E-state index < -0.39 is 12.1 Å². The Kier molecular flexibility index (Phi) is 6.16. The standard InChI is InChI=1S/C14H19ClO3/c1-3-4-7-18-13(14(16)17)9-11-5-6-12(15)8-10(11)2/h5-6,8,13H,3-4,7,9H2,1-2H3,(H,16,17)/t13-/m0/s1. The molecule has 0 fully saturated rings. The van der Waals surface area contributed by atoms with E-state index in [-0.39, 0.29) is 0 Å². The van der Waals surface area contributed by atoms with Gasteiger partial charge in [-0.3, -0.25) is 0 Å². The van der Waals surface area contributed by atoms with Crippen LogP contribution in [0.4, 0.5) is 0 Å². The quantitative estimate of drug-likeness (QED) is 0.772. The Hall–Kier alpha value is -1.06. The van der Waals surface area contributed by atoms with Crippen molar-refractivity contribution in [3.8, 4) is 0 Å². The molecule has 1 aromatic rings. The highest BCUT2D eigenvalue weighted by atomic mass is 35.5. The molecule has 1 aromatic carbocycles. The van der Waals surface area contributed by atoms with Crippen LogP contribution >= 0.6 is 11.6 Å². The van der Waals surface area contributed by atoms with Crippen molar-refractivity contribution in [2.24, 2.45) is 0 Å². The second kappa shape index (κ2) is 7.39. The summed E-state index contributed by atoms with van der Waals surface area (Å²) in [4.78, 5) is 11.1. The number of halogens is 1. The Morgan fingerprint density at radius 2 is 2.22 bits per heavy atom. The van der Waals surface area contributed by atoms with E-state index >= 15 is 0 Å². The van der Waals surface area contributed by atoms with E-state index in [4.69, 9.17) is 21.4 Å². The highest BCUT2D eigenvalue weighted by Crippen LogP contribution is 2.17. The molecule has 0 unspecified atom stereocenters. The molecule has 1 rings (SSSR count). The van der Waals surface area contributed by atoms with Crippen LogP contribution in [-0.2, 0) is 16.0 Å². The normalized spacial score (nSPS) is 12.4. The topological polar surface area (TPSA) is 46.5 Å².